The molecule has 0 aromatic rings. The molecular weight excluding hydrogens is 254 g/mol. The van der Waals surface area contributed by atoms with Crippen LogP contribution >= 0.6 is 0 Å². The van der Waals surface area contributed by atoms with Crippen molar-refractivity contribution in [1.29, 1.82) is 0 Å². The van der Waals surface area contributed by atoms with Crippen molar-refractivity contribution in [3.05, 3.63) is 0 Å². The summed E-state index contributed by atoms with van der Waals surface area (Å²) in [6, 6.07) is 0.431. The molecule has 1 heterocycles. The summed E-state index contributed by atoms with van der Waals surface area (Å²) in [6.45, 7) is 7.73. The standard InChI is InChI=1S/C15H27N3O2/c1-3-4-12(2)15(20)18-9-7-17(8-10-18)11-14(19)16-13-5-6-13/h12-13H,3-11H2,1-2H3,(H,16,19). The van der Waals surface area contributed by atoms with Gasteiger partial charge < -0.3 is 10.2 Å². The first kappa shape index (κ1) is 15.3. The fourth-order valence-corrected chi connectivity index (χ4v) is 2.70. The van der Waals surface area contributed by atoms with Gasteiger partial charge in [-0.15, -0.1) is 0 Å². The Hall–Kier alpha value is -1.10. The average Bonchev–Trinajstić information content (AvgIpc) is 3.23. The Bertz CT molecular complexity index is 347. The van der Waals surface area contributed by atoms with Gasteiger partial charge in [0.1, 0.15) is 0 Å². The molecule has 0 radical (unpaired) electrons. The van der Waals surface area contributed by atoms with Crippen molar-refractivity contribution in [2.75, 3.05) is 32.7 Å². The number of carbonyl (C=O) groups excluding carboxylic acids is 2. The van der Waals surface area contributed by atoms with Crippen LogP contribution in [0.4, 0.5) is 0 Å². The molecule has 20 heavy (non-hydrogen) atoms. The van der Waals surface area contributed by atoms with E-state index in [1.807, 2.05) is 11.8 Å². The quantitative estimate of drug-likeness (QED) is 0.785. The first-order valence-corrected chi connectivity index (χ1v) is 7.90. The van der Waals surface area contributed by atoms with Crippen LogP contribution in [0.25, 0.3) is 0 Å². The van der Waals surface area contributed by atoms with E-state index in [9.17, 15) is 9.59 Å². The Labute approximate surface area is 121 Å². The van der Waals surface area contributed by atoms with Gasteiger partial charge in [0, 0.05) is 38.1 Å². The maximum Gasteiger partial charge on any atom is 0.234 e. The maximum atomic E-state index is 12.2. The molecule has 1 saturated heterocycles. The van der Waals surface area contributed by atoms with Crippen molar-refractivity contribution in [1.82, 2.24) is 15.1 Å². The van der Waals surface area contributed by atoms with E-state index in [1.165, 1.54) is 0 Å². The zero-order valence-corrected chi connectivity index (χ0v) is 12.7. The molecule has 0 bridgehead atoms. The molecular formula is C15H27N3O2. The summed E-state index contributed by atoms with van der Waals surface area (Å²) in [4.78, 5) is 28.0. The second-order valence-corrected chi connectivity index (χ2v) is 6.13. The zero-order chi connectivity index (χ0) is 14.5. The Balaban J connectivity index is 1.68. The number of rotatable bonds is 6. The van der Waals surface area contributed by atoms with Gasteiger partial charge in [0.05, 0.1) is 6.54 Å². The van der Waals surface area contributed by atoms with Crippen LogP contribution in [0.15, 0.2) is 0 Å². The highest BCUT2D eigenvalue weighted by Gasteiger charge is 2.27. The van der Waals surface area contributed by atoms with Crippen molar-refractivity contribution in [3.63, 3.8) is 0 Å². The summed E-state index contributed by atoms with van der Waals surface area (Å²) >= 11 is 0. The van der Waals surface area contributed by atoms with Crippen LogP contribution in [-0.2, 0) is 9.59 Å². The van der Waals surface area contributed by atoms with Gasteiger partial charge in [-0.3, -0.25) is 14.5 Å². The van der Waals surface area contributed by atoms with E-state index in [1.54, 1.807) is 0 Å². The fourth-order valence-electron chi connectivity index (χ4n) is 2.70. The van der Waals surface area contributed by atoms with Crippen molar-refractivity contribution < 1.29 is 9.59 Å². The number of hydrogen-bond donors (Lipinski definition) is 1. The molecule has 1 saturated carbocycles. The van der Waals surface area contributed by atoms with Crippen LogP contribution in [0, 0.1) is 5.92 Å². The third kappa shape index (κ3) is 4.47. The van der Waals surface area contributed by atoms with Gasteiger partial charge in [-0.1, -0.05) is 20.3 Å². The number of amides is 2. The molecule has 1 N–H and O–H groups in total. The van der Waals surface area contributed by atoms with Gasteiger partial charge in [0.15, 0.2) is 0 Å². The van der Waals surface area contributed by atoms with Gasteiger partial charge in [-0.05, 0) is 19.3 Å². The fraction of sp³-hybridized carbons (Fsp3) is 0.867. The smallest absolute Gasteiger partial charge is 0.234 e. The lowest BCUT2D eigenvalue weighted by Crippen LogP contribution is -2.52. The topological polar surface area (TPSA) is 52.7 Å². The van der Waals surface area contributed by atoms with Crippen LogP contribution < -0.4 is 5.32 Å². The Morgan fingerprint density at radius 1 is 1.20 bits per heavy atom. The molecule has 2 rings (SSSR count). The Kier molecular flexibility index (Phi) is 5.40. The molecule has 5 heteroatoms. The van der Waals surface area contributed by atoms with Crippen LogP contribution in [0.2, 0.25) is 0 Å². The molecule has 114 valence electrons. The minimum Gasteiger partial charge on any atom is -0.352 e. The number of hydrogen-bond acceptors (Lipinski definition) is 3. The third-order valence-electron chi connectivity index (χ3n) is 4.14. The van der Waals surface area contributed by atoms with Gasteiger partial charge in [0.2, 0.25) is 11.8 Å². The number of nitrogens with zero attached hydrogens (tertiary/aromatic N) is 2. The second kappa shape index (κ2) is 7.07. The average molecular weight is 281 g/mol. The predicted molar refractivity (Wildman–Crippen MR) is 78.3 cm³/mol. The van der Waals surface area contributed by atoms with Crippen LogP contribution in [0.5, 0.6) is 0 Å². The molecule has 5 nitrogen and oxygen atoms in total. The first-order valence-electron chi connectivity index (χ1n) is 7.90. The van der Waals surface area contributed by atoms with E-state index in [2.05, 4.69) is 17.1 Å². The number of carbonyl (C=O) groups is 2. The molecule has 0 spiro atoms. The molecule has 1 aliphatic carbocycles. The highest BCUT2D eigenvalue weighted by Crippen LogP contribution is 2.18. The Morgan fingerprint density at radius 2 is 1.85 bits per heavy atom. The number of piperazine rings is 1. The van der Waals surface area contributed by atoms with Crippen molar-refractivity contribution in [2.24, 2.45) is 5.92 Å². The predicted octanol–water partition coefficient (Wildman–Crippen LogP) is 0.845. The summed E-state index contributed by atoms with van der Waals surface area (Å²) in [5.41, 5.74) is 0. The lowest BCUT2D eigenvalue weighted by Gasteiger charge is -2.35. The van der Waals surface area contributed by atoms with E-state index in [4.69, 9.17) is 0 Å². The lowest BCUT2D eigenvalue weighted by atomic mass is 10.0. The van der Waals surface area contributed by atoms with Gasteiger partial charge >= 0.3 is 0 Å². The zero-order valence-electron chi connectivity index (χ0n) is 12.7. The first-order chi connectivity index (χ1) is 9.60. The largest absolute Gasteiger partial charge is 0.352 e. The number of nitrogens with one attached hydrogen (secondary N) is 1. The highest BCUT2D eigenvalue weighted by atomic mass is 16.2. The monoisotopic (exact) mass is 281 g/mol. The molecule has 2 fully saturated rings. The van der Waals surface area contributed by atoms with Crippen LogP contribution in [-0.4, -0.2) is 60.4 Å². The van der Waals surface area contributed by atoms with E-state index in [-0.39, 0.29) is 17.7 Å². The minimum atomic E-state index is 0.129. The van der Waals surface area contributed by atoms with E-state index < -0.39 is 0 Å². The molecule has 1 atom stereocenters. The van der Waals surface area contributed by atoms with Gasteiger partial charge in [0.25, 0.3) is 0 Å². The molecule has 1 unspecified atom stereocenters. The van der Waals surface area contributed by atoms with Crippen LogP contribution in [0.1, 0.15) is 39.5 Å². The van der Waals surface area contributed by atoms with Crippen molar-refractivity contribution in [2.45, 2.75) is 45.6 Å². The van der Waals surface area contributed by atoms with E-state index >= 15 is 0 Å². The van der Waals surface area contributed by atoms with Crippen molar-refractivity contribution >= 4 is 11.8 Å². The lowest BCUT2D eigenvalue weighted by molar-refractivity contribution is -0.137. The minimum absolute atomic E-state index is 0.129. The third-order valence-corrected chi connectivity index (χ3v) is 4.14. The Morgan fingerprint density at radius 3 is 2.40 bits per heavy atom. The SMILES string of the molecule is CCCC(C)C(=O)N1CCN(CC(=O)NC2CC2)CC1. The van der Waals surface area contributed by atoms with Crippen molar-refractivity contribution in [3.8, 4) is 0 Å². The van der Waals surface area contributed by atoms with Gasteiger partial charge in [-0.2, -0.15) is 0 Å². The molecule has 0 aromatic heterocycles. The summed E-state index contributed by atoms with van der Waals surface area (Å²) in [5.74, 6) is 0.533. The molecule has 1 aliphatic heterocycles. The second-order valence-electron chi connectivity index (χ2n) is 6.13. The van der Waals surface area contributed by atoms with Crippen LogP contribution in [0.3, 0.4) is 0 Å². The van der Waals surface area contributed by atoms with E-state index in [0.717, 1.165) is 51.9 Å². The molecule has 2 amide bonds. The summed E-state index contributed by atoms with van der Waals surface area (Å²) < 4.78 is 0. The maximum absolute atomic E-state index is 12.2. The highest BCUT2D eigenvalue weighted by molar-refractivity contribution is 5.79. The summed E-state index contributed by atoms with van der Waals surface area (Å²) in [6.07, 6.45) is 4.27. The summed E-state index contributed by atoms with van der Waals surface area (Å²) in [7, 11) is 0. The molecule has 2 aliphatic rings. The normalized spacial score (nSPS) is 21.6. The molecule has 0 aromatic carbocycles. The van der Waals surface area contributed by atoms with Gasteiger partial charge in [-0.25, -0.2) is 0 Å². The van der Waals surface area contributed by atoms with E-state index in [0.29, 0.717) is 12.6 Å². The summed E-state index contributed by atoms with van der Waals surface area (Å²) in [5, 5.41) is 3.01.